The fourth-order valence-corrected chi connectivity index (χ4v) is 3.62. The van der Waals surface area contributed by atoms with E-state index in [0.29, 0.717) is 10.3 Å². The number of hydrogen-bond donors (Lipinski definition) is 2. The molecule has 0 aromatic carbocycles. The topological polar surface area (TPSA) is 58.2 Å². The van der Waals surface area contributed by atoms with E-state index in [-0.39, 0.29) is 0 Å². The second-order valence-electron chi connectivity index (χ2n) is 3.91. The molecular formula is C10H16N2O2S2. The quantitative estimate of drug-likeness (QED) is 0.800. The van der Waals surface area contributed by atoms with Gasteiger partial charge in [-0.3, -0.25) is 0 Å². The molecule has 0 radical (unpaired) electrons. The van der Waals surface area contributed by atoms with Gasteiger partial charge < -0.3 is 5.32 Å². The van der Waals surface area contributed by atoms with Gasteiger partial charge in [-0.05, 0) is 38.4 Å². The van der Waals surface area contributed by atoms with Crippen molar-refractivity contribution in [3.63, 3.8) is 0 Å². The molecule has 90 valence electrons. The van der Waals surface area contributed by atoms with Crippen molar-refractivity contribution < 1.29 is 8.42 Å². The summed E-state index contributed by atoms with van der Waals surface area (Å²) < 4.78 is 25.7. The average Bonchev–Trinajstić information content (AvgIpc) is 2.94. The third kappa shape index (κ3) is 3.04. The molecule has 0 spiro atoms. The fourth-order valence-electron chi connectivity index (χ4n) is 1.42. The molecule has 0 unspecified atom stereocenters. The van der Waals surface area contributed by atoms with Crippen LogP contribution in [0.3, 0.4) is 0 Å². The lowest BCUT2D eigenvalue weighted by Gasteiger charge is -2.00. The largest absolute Gasteiger partial charge is 0.314 e. The van der Waals surface area contributed by atoms with E-state index >= 15 is 0 Å². The smallest absolute Gasteiger partial charge is 0.249 e. The van der Waals surface area contributed by atoms with Crippen molar-refractivity contribution in [1.82, 2.24) is 10.0 Å². The monoisotopic (exact) mass is 260 g/mol. The van der Waals surface area contributed by atoms with Crippen LogP contribution in [0.15, 0.2) is 16.3 Å². The highest BCUT2D eigenvalue weighted by Crippen LogP contribution is 2.22. The van der Waals surface area contributed by atoms with Crippen LogP contribution in [-0.4, -0.2) is 28.1 Å². The van der Waals surface area contributed by atoms with Gasteiger partial charge in [-0.2, -0.15) is 0 Å². The zero-order chi connectivity index (χ0) is 11.6. The molecule has 4 nitrogen and oxygen atoms in total. The zero-order valence-corrected chi connectivity index (χ0v) is 10.8. The van der Waals surface area contributed by atoms with Gasteiger partial charge in [0, 0.05) is 17.5 Å². The molecular weight excluding hydrogens is 244 g/mol. The molecule has 1 fully saturated rings. The zero-order valence-electron chi connectivity index (χ0n) is 9.19. The Morgan fingerprint density at radius 3 is 2.81 bits per heavy atom. The maximum Gasteiger partial charge on any atom is 0.249 e. The molecule has 1 aromatic rings. The Balaban J connectivity index is 1.90. The molecule has 0 saturated heterocycles. The third-order valence-electron chi connectivity index (χ3n) is 2.55. The van der Waals surface area contributed by atoms with Crippen molar-refractivity contribution in [3.8, 4) is 0 Å². The van der Waals surface area contributed by atoms with Gasteiger partial charge in [0.25, 0.3) is 0 Å². The van der Waals surface area contributed by atoms with E-state index in [2.05, 4.69) is 10.0 Å². The van der Waals surface area contributed by atoms with Crippen LogP contribution in [0.5, 0.6) is 0 Å². The molecule has 0 aliphatic heterocycles. The Bertz CT molecular complexity index is 449. The summed E-state index contributed by atoms with van der Waals surface area (Å²) in [6.07, 6.45) is 3.47. The summed E-state index contributed by atoms with van der Waals surface area (Å²) in [5.74, 6) is 0. The van der Waals surface area contributed by atoms with Crippen LogP contribution < -0.4 is 10.0 Å². The Morgan fingerprint density at radius 2 is 2.19 bits per heavy atom. The molecule has 1 aliphatic rings. The summed E-state index contributed by atoms with van der Waals surface area (Å²) in [4.78, 5) is 1.11. The summed E-state index contributed by atoms with van der Waals surface area (Å²) in [5, 5.41) is 3.41. The Morgan fingerprint density at radius 1 is 1.44 bits per heavy atom. The minimum atomic E-state index is -3.26. The highest BCUT2D eigenvalue weighted by Gasteiger charge is 2.20. The van der Waals surface area contributed by atoms with Crippen molar-refractivity contribution >= 4 is 21.4 Å². The summed E-state index contributed by atoms with van der Waals surface area (Å²) in [7, 11) is -1.82. The summed E-state index contributed by atoms with van der Waals surface area (Å²) in [5.41, 5.74) is 0. The van der Waals surface area contributed by atoms with Crippen molar-refractivity contribution in [2.75, 3.05) is 13.6 Å². The van der Waals surface area contributed by atoms with Crippen LogP contribution in [0.25, 0.3) is 0 Å². The van der Waals surface area contributed by atoms with E-state index in [0.717, 1.165) is 17.8 Å². The first-order chi connectivity index (χ1) is 7.62. The summed E-state index contributed by atoms with van der Waals surface area (Å²) in [6, 6.07) is 4.27. The molecule has 1 aromatic heterocycles. The third-order valence-corrected chi connectivity index (χ3v) is 5.60. The van der Waals surface area contributed by atoms with Crippen molar-refractivity contribution in [1.29, 1.82) is 0 Å². The average molecular weight is 260 g/mol. The molecule has 1 aliphatic carbocycles. The number of sulfonamides is 1. The number of thiophene rings is 1. The van der Waals surface area contributed by atoms with Crippen LogP contribution in [0, 0.1) is 0 Å². The lowest BCUT2D eigenvalue weighted by atomic mass is 10.3. The van der Waals surface area contributed by atoms with Gasteiger partial charge in [0.1, 0.15) is 4.21 Å². The molecule has 1 heterocycles. The first-order valence-electron chi connectivity index (χ1n) is 5.37. The molecule has 2 N–H and O–H groups in total. The van der Waals surface area contributed by atoms with E-state index in [4.69, 9.17) is 0 Å². The second-order valence-corrected chi connectivity index (χ2v) is 7.19. The van der Waals surface area contributed by atoms with E-state index in [1.165, 1.54) is 31.2 Å². The maximum atomic E-state index is 11.5. The standard InChI is InChI=1S/C10H16N2O2S2/c1-11-16(13,14)10-5-4-9(15-10)6-7-12-8-2-3-8/h4-5,8,11-12H,2-3,6-7H2,1H3. The number of rotatable bonds is 6. The van der Waals surface area contributed by atoms with Crippen LogP contribution in [0.1, 0.15) is 17.7 Å². The highest BCUT2D eigenvalue weighted by atomic mass is 32.2. The van der Waals surface area contributed by atoms with Gasteiger partial charge in [-0.25, -0.2) is 13.1 Å². The van der Waals surface area contributed by atoms with Gasteiger partial charge in [-0.15, -0.1) is 11.3 Å². The molecule has 1 saturated carbocycles. The minimum absolute atomic E-state index is 0.399. The summed E-state index contributed by atoms with van der Waals surface area (Å²) >= 11 is 1.35. The fraction of sp³-hybridized carbons (Fsp3) is 0.600. The van der Waals surface area contributed by atoms with Gasteiger partial charge >= 0.3 is 0 Å². The molecule has 0 amide bonds. The van der Waals surface area contributed by atoms with E-state index < -0.39 is 10.0 Å². The Hall–Kier alpha value is -0.430. The van der Waals surface area contributed by atoms with Gasteiger partial charge in [0.2, 0.25) is 10.0 Å². The molecule has 2 rings (SSSR count). The lowest BCUT2D eigenvalue weighted by molar-refractivity contribution is 0.590. The maximum absolute atomic E-state index is 11.5. The van der Waals surface area contributed by atoms with Crippen molar-refractivity contribution in [3.05, 3.63) is 17.0 Å². The van der Waals surface area contributed by atoms with E-state index in [9.17, 15) is 8.42 Å². The number of nitrogens with one attached hydrogen (secondary N) is 2. The first kappa shape index (κ1) is 12.0. The van der Waals surface area contributed by atoms with Crippen molar-refractivity contribution in [2.24, 2.45) is 0 Å². The highest BCUT2D eigenvalue weighted by molar-refractivity contribution is 7.91. The van der Waals surface area contributed by atoms with Crippen molar-refractivity contribution in [2.45, 2.75) is 29.5 Å². The normalized spacial score (nSPS) is 16.6. The Kier molecular flexibility index (Phi) is 3.63. The first-order valence-corrected chi connectivity index (χ1v) is 7.67. The second kappa shape index (κ2) is 4.83. The number of hydrogen-bond acceptors (Lipinski definition) is 4. The van der Waals surface area contributed by atoms with Crippen LogP contribution in [0.4, 0.5) is 0 Å². The lowest BCUT2D eigenvalue weighted by Crippen LogP contribution is -2.18. The van der Waals surface area contributed by atoms with Crippen LogP contribution in [-0.2, 0) is 16.4 Å². The molecule has 0 bridgehead atoms. The minimum Gasteiger partial charge on any atom is -0.314 e. The van der Waals surface area contributed by atoms with E-state index in [1.807, 2.05) is 6.07 Å². The summed E-state index contributed by atoms with van der Waals surface area (Å²) in [6.45, 7) is 0.935. The van der Waals surface area contributed by atoms with Gasteiger partial charge in [0.05, 0.1) is 0 Å². The predicted octanol–water partition coefficient (Wildman–Crippen LogP) is 0.951. The molecule has 0 atom stereocenters. The SMILES string of the molecule is CNS(=O)(=O)c1ccc(CCNC2CC2)s1. The molecule has 6 heteroatoms. The van der Waals surface area contributed by atoms with Gasteiger partial charge in [0.15, 0.2) is 0 Å². The van der Waals surface area contributed by atoms with Crippen LogP contribution in [0.2, 0.25) is 0 Å². The predicted molar refractivity (Wildman–Crippen MR) is 65.3 cm³/mol. The van der Waals surface area contributed by atoms with Gasteiger partial charge in [-0.1, -0.05) is 0 Å². The Labute approximate surface area is 100 Å². The van der Waals surface area contributed by atoms with E-state index in [1.54, 1.807) is 6.07 Å². The molecule has 16 heavy (non-hydrogen) atoms. The van der Waals surface area contributed by atoms with Crippen LogP contribution >= 0.6 is 11.3 Å².